The Kier molecular flexibility index (Phi) is 2.03. The van der Waals surface area contributed by atoms with Gasteiger partial charge in [0.05, 0.1) is 6.26 Å². The molecule has 1 rings (SSSR count). The molecule has 0 saturated carbocycles. The van der Waals surface area contributed by atoms with Gasteiger partial charge in [0, 0.05) is 4.90 Å². The van der Waals surface area contributed by atoms with E-state index in [4.69, 9.17) is 4.42 Å². The van der Waals surface area contributed by atoms with E-state index in [0.29, 0.717) is 0 Å². The third-order valence-electron chi connectivity index (χ3n) is 0.806. The lowest BCUT2D eigenvalue weighted by Crippen LogP contribution is -1.62. The van der Waals surface area contributed by atoms with E-state index in [2.05, 4.69) is 6.92 Å². The van der Waals surface area contributed by atoms with E-state index >= 15 is 0 Å². The number of furan rings is 1. The van der Waals surface area contributed by atoms with Crippen LogP contribution in [0, 0.1) is 0 Å². The smallest absolute Gasteiger partial charge is 0.104 e. The van der Waals surface area contributed by atoms with Gasteiger partial charge < -0.3 is 4.42 Å². The summed E-state index contributed by atoms with van der Waals surface area (Å²) in [5.41, 5.74) is 0. The van der Waals surface area contributed by atoms with Gasteiger partial charge in [-0.1, -0.05) is 6.92 Å². The van der Waals surface area contributed by atoms with Crippen molar-refractivity contribution >= 4 is 11.8 Å². The average molecular weight is 128 g/mol. The molecule has 0 amide bonds. The van der Waals surface area contributed by atoms with Crippen LogP contribution in [0.4, 0.5) is 0 Å². The van der Waals surface area contributed by atoms with E-state index in [1.807, 2.05) is 6.07 Å². The topological polar surface area (TPSA) is 13.1 Å². The minimum Gasteiger partial charge on any atom is -0.471 e. The molecule has 0 aliphatic heterocycles. The van der Waals surface area contributed by atoms with Crippen molar-refractivity contribution in [2.75, 3.05) is 5.75 Å². The van der Waals surface area contributed by atoms with Gasteiger partial charge in [-0.25, -0.2) is 0 Å². The summed E-state index contributed by atoms with van der Waals surface area (Å²) in [6, 6.07) is 1.97. The molecule has 44 valence electrons. The zero-order valence-electron chi connectivity index (χ0n) is 4.76. The molecule has 1 heterocycles. The molecular formula is C6H8OS. The molecule has 0 radical (unpaired) electrons. The summed E-state index contributed by atoms with van der Waals surface area (Å²) in [6.07, 6.45) is 3.45. The van der Waals surface area contributed by atoms with Gasteiger partial charge in [0.1, 0.15) is 6.26 Å². The van der Waals surface area contributed by atoms with E-state index in [9.17, 15) is 0 Å². The Morgan fingerprint density at radius 3 is 3.12 bits per heavy atom. The molecule has 0 aliphatic rings. The average Bonchev–Trinajstić information content (AvgIpc) is 2.19. The van der Waals surface area contributed by atoms with Gasteiger partial charge >= 0.3 is 0 Å². The van der Waals surface area contributed by atoms with Gasteiger partial charge in [-0.05, 0) is 11.8 Å². The first-order chi connectivity index (χ1) is 3.93. The van der Waals surface area contributed by atoms with Crippen molar-refractivity contribution in [3.05, 3.63) is 18.6 Å². The molecule has 1 nitrogen and oxygen atoms in total. The second kappa shape index (κ2) is 2.82. The van der Waals surface area contributed by atoms with Gasteiger partial charge in [-0.15, -0.1) is 11.8 Å². The standard InChI is InChI=1S/C6H8OS/c1-2-8-6-3-4-7-5-6/h3-5H,2H2,1H3. The molecule has 0 atom stereocenters. The molecule has 0 spiro atoms. The summed E-state index contributed by atoms with van der Waals surface area (Å²) >= 11 is 1.79. The third-order valence-corrected chi connectivity index (χ3v) is 1.66. The van der Waals surface area contributed by atoms with Crippen LogP contribution in [-0.4, -0.2) is 5.75 Å². The van der Waals surface area contributed by atoms with Crippen LogP contribution in [0.15, 0.2) is 27.9 Å². The van der Waals surface area contributed by atoms with Crippen LogP contribution in [-0.2, 0) is 0 Å². The van der Waals surface area contributed by atoms with Gasteiger partial charge in [-0.2, -0.15) is 0 Å². The van der Waals surface area contributed by atoms with Crippen LogP contribution < -0.4 is 0 Å². The van der Waals surface area contributed by atoms with Gasteiger partial charge in [0.2, 0.25) is 0 Å². The van der Waals surface area contributed by atoms with Crippen molar-refractivity contribution in [3.63, 3.8) is 0 Å². The van der Waals surface area contributed by atoms with Crippen LogP contribution in [0.5, 0.6) is 0 Å². The first-order valence-corrected chi connectivity index (χ1v) is 3.57. The van der Waals surface area contributed by atoms with Crippen molar-refractivity contribution in [2.45, 2.75) is 11.8 Å². The Hall–Kier alpha value is -0.370. The number of hydrogen-bond acceptors (Lipinski definition) is 2. The SMILES string of the molecule is CCSc1ccoc1. The minimum absolute atomic E-state index is 1.11. The summed E-state index contributed by atoms with van der Waals surface area (Å²) in [4.78, 5) is 1.22. The van der Waals surface area contributed by atoms with Gasteiger partial charge in [0.15, 0.2) is 0 Å². The number of rotatable bonds is 2. The summed E-state index contributed by atoms with van der Waals surface area (Å²) < 4.78 is 4.85. The number of thioether (sulfide) groups is 1. The van der Waals surface area contributed by atoms with E-state index < -0.39 is 0 Å². The Balaban J connectivity index is 2.50. The Bertz CT molecular complexity index is 134. The zero-order valence-corrected chi connectivity index (χ0v) is 5.57. The predicted octanol–water partition coefficient (Wildman–Crippen LogP) is 2.39. The second-order valence-corrected chi connectivity index (χ2v) is 2.73. The first kappa shape index (κ1) is 5.76. The van der Waals surface area contributed by atoms with Crippen LogP contribution in [0.1, 0.15) is 6.92 Å². The lowest BCUT2D eigenvalue weighted by atomic mass is 10.7. The molecule has 1 aromatic heterocycles. The highest BCUT2D eigenvalue weighted by Crippen LogP contribution is 2.16. The maximum absolute atomic E-state index is 4.85. The summed E-state index contributed by atoms with van der Waals surface area (Å²) in [6.45, 7) is 2.12. The molecule has 0 fully saturated rings. The molecular weight excluding hydrogens is 120 g/mol. The van der Waals surface area contributed by atoms with E-state index in [1.165, 1.54) is 4.90 Å². The fourth-order valence-corrected chi connectivity index (χ4v) is 1.11. The highest BCUT2D eigenvalue weighted by atomic mass is 32.2. The molecule has 0 aromatic carbocycles. The first-order valence-electron chi connectivity index (χ1n) is 2.58. The molecule has 0 bridgehead atoms. The quantitative estimate of drug-likeness (QED) is 0.567. The largest absolute Gasteiger partial charge is 0.471 e. The summed E-state index contributed by atoms with van der Waals surface area (Å²) in [5.74, 6) is 1.11. The summed E-state index contributed by atoms with van der Waals surface area (Å²) in [5, 5.41) is 0. The highest BCUT2D eigenvalue weighted by molar-refractivity contribution is 7.99. The molecule has 0 saturated heterocycles. The second-order valence-electron chi connectivity index (χ2n) is 1.39. The third kappa shape index (κ3) is 1.30. The molecule has 0 N–H and O–H groups in total. The maximum atomic E-state index is 4.85. The molecule has 0 unspecified atom stereocenters. The van der Waals surface area contributed by atoms with E-state index in [-0.39, 0.29) is 0 Å². The lowest BCUT2D eigenvalue weighted by Gasteiger charge is -1.84. The predicted molar refractivity (Wildman–Crippen MR) is 35.1 cm³/mol. The van der Waals surface area contributed by atoms with Crippen molar-refractivity contribution in [1.29, 1.82) is 0 Å². The van der Waals surface area contributed by atoms with Crippen LogP contribution in [0.2, 0.25) is 0 Å². The summed E-state index contributed by atoms with van der Waals surface area (Å²) in [7, 11) is 0. The van der Waals surface area contributed by atoms with Gasteiger partial charge in [-0.3, -0.25) is 0 Å². The fraction of sp³-hybridized carbons (Fsp3) is 0.333. The van der Waals surface area contributed by atoms with Crippen molar-refractivity contribution < 1.29 is 4.42 Å². The minimum atomic E-state index is 1.11. The molecule has 2 heteroatoms. The normalized spacial score (nSPS) is 9.62. The fourth-order valence-electron chi connectivity index (χ4n) is 0.501. The lowest BCUT2D eigenvalue weighted by molar-refractivity contribution is 0.562. The Labute approximate surface area is 53.1 Å². The van der Waals surface area contributed by atoms with E-state index in [1.54, 1.807) is 24.3 Å². The van der Waals surface area contributed by atoms with Crippen LogP contribution in [0.3, 0.4) is 0 Å². The zero-order chi connectivity index (χ0) is 5.82. The monoisotopic (exact) mass is 128 g/mol. The van der Waals surface area contributed by atoms with E-state index in [0.717, 1.165) is 5.75 Å². The molecule has 1 aromatic rings. The van der Waals surface area contributed by atoms with Crippen LogP contribution >= 0.6 is 11.8 Å². The number of hydrogen-bond donors (Lipinski definition) is 0. The molecule has 8 heavy (non-hydrogen) atoms. The van der Waals surface area contributed by atoms with Crippen molar-refractivity contribution in [3.8, 4) is 0 Å². The Morgan fingerprint density at radius 2 is 2.62 bits per heavy atom. The van der Waals surface area contributed by atoms with Crippen molar-refractivity contribution in [2.24, 2.45) is 0 Å². The van der Waals surface area contributed by atoms with Crippen molar-refractivity contribution in [1.82, 2.24) is 0 Å². The Morgan fingerprint density at radius 1 is 1.75 bits per heavy atom. The van der Waals surface area contributed by atoms with Crippen LogP contribution in [0.25, 0.3) is 0 Å². The molecule has 0 aliphatic carbocycles. The highest BCUT2D eigenvalue weighted by Gasteiger charge is 1.88. The maximum Gasteiger partial charge on any atom is 0.104 e. The van der Waals surface area contributed by atoms with Gasteiger partial charge in [0.25, 0.3) is 0 Å².